The fraction of sp³-hybridized carbons (Fsp3) is 0.400. The maximum Gasteiger partial charge on any atom is 0.340 e. The standard InChI is InChI=1S/C15H18N2O4/c1-15(2,9-16(3)4)14(20)21-17-12(18)10-7-5-6-8-11(10)13(17)19/h5-8H,9H2,1-4H3. The van der Waals surface area contributed by atoms with Gasteiger partial charge in [0, 0.05) is 6.54 Å². The summed E-state index contributed by atoms with van der Waals surface area (Å²) in [5.74, 6) is -1.83. The molecule has 0 atom stereocenters. The molecule has 0 spiro atoms. The molecule has 21 heavy (non-hydrogen) atoms. The lowest BCUT2D eigenvalue weighted by Crippen LogP contribution is -2.42. The van der Waals surface area contributed by atoms with Crippen molar-refractivity contribution in [3.63, 3.8) is 0 Å². The number of hydroxylamine groups is 2. The molecule has 1 aromatic carbocycles. The molecule has 0 saturated carbocycles. The molecule has 0 saturated heterocycles. The van der Waals surface area contributed by atoms with Crippen LogP contribution in [0.15, 0.2) is 24.3 Å². The lowest BCUT2D eigenvalue weighted by molar-refractivity contribution is -0.180. The molecule has 0 aromatic heterocycles. The van der Waals surface area contributed by atoms with Crippen LogP contribution in [0.25, 0.3) is 0 Å². The number of amides is 2. The van der Waals surface area contributed by atoms with Crippen LogP contribution >= 0.6 is 0 Å². The summed E-state index contributed by atoms with van der Waals surface area (Å²) in [5.41, 5.74) is -0.333. The van der Waals surface area contributed by atoms with Crippen LogP contribution in [-0.4, -0.2) is 48.4 Å². The molecule has 0 unspecified atom stereocenters. The summed E-state index contributed by atoms with van der Waals surface area (Å²) >= 11 is 0. The van der Waals surface area contributed by atoms with Gasteiger partial charge in [0.1, 0.15) is 0 Å². The third-order valence-electron chi connectivity index (χ3n) is 3.20. The third kappa shape index (κ3) is 2.80. The van der Waals surface area contributed by atoms with Gasteiger partial charge in [-0.25, -0.2) is 4.79 Å². The van der Waals surface area contributed by atoms with Crippen LogP contribution in [0, 0.1) is 5.41 Å². The molecule has 0 N–H and O–H groups in total. The maximum absolute atomic E-state index is 12.2. The van der Waals surface area contributed by atoms with Gasteiger partial charge in [0.05, 0.1) is 16.5 Å². The van der Waals surface area contributed by atoms with Gasteiger partial charge in [0.2, 0.25) is 0 Å². The Balaban J connectivity index is 2.17. The van der Waals surface area contributed by atoms with E-state index in [1.54, 1.807) is 26.0 Å². The van der Waals surface area contributed by atoms with Crippen LogP contribution in [0.4, 0.5) is 0 Å². The molecule has 6 nitrogen and oxygen atoms in total. The molecule has 0 radical (unpaired) electrons. The number of benzene rings is 1. The Morgan fingerprint density at radius 2 is 1.62 bits per heavy atom. The first kappa shape index (κ1) is 15.2. The zero-order valence-electron chi connectivity index (χ0n) is 12.5. The summed E-state index contributed by atoms with van der Waals surface area (Å²) in [6.45, 7) is 3.84. The lowest BCUT2D eigenvalue weighted by atomic mass is 9.93. The number of fused-ring (bicyclic) bond motifs is 1. The highest BCUT2D eigenvalue weighted by Crippen LogP contribution is 2.25. The Morgan fingerprint density at radius 1 is 1.14 bits per heavy atom. The molecular formula is C15H18N2O4. The minimum atomic E-state index is -0.834. The number of hydrogen-bond acceptors (Lipinski definition) is 5. The van der Waals surface area contributed by atoms with Crippen molar-refractivity contribution in [3.05, 3.63) is 35.4 Å². The molecule has 0 fully saturated rings. The van der Waals surface area contributed by atoms with E-state index in [1.165, 1.54) is 12.1 Å². The third-order valence-corrected chi connectivity index (χ3v) is 3.20. The Morgan fingerprint density at radius 3 is 2.05 bits per heavy atom. The molecule has 112 valence electrons. The summed E-state index contributed by atoms with van der Waals surface area (Å²) in [4.78, 5) is 43.3. The van der Waals surface area contributed by atoms with Crippen molar-refractivity contribution in [2.75, 3.05) is 20.6 Å². The Hall–Kier alpha value is -2.21. The van der Waals surface area contributed by atoms with Gasteiger partial charge in [-0.2, -0.15) is 0 Å². The highest BCUT2D eigenvalue weighted by atomic mass is 16.7. The van der Waals surface area contributed by atoms with E-state index in [-0.39, 0.29) is 11.1 Å². The summed E-state index contributed by atoms with van der Waals surface area (Å²) in [5, 5.41) is 0.546. The lowest BCUT2D eigenvalue weighted by Gasteiger charge is -2.27. The van der Waals surface area contributed by atoms with E-state index in [0.29, 0.717) is 11.6 Å². The monoisotopic (exact) mass is 290 g/mol. The van der Waals surface area contributed by atoms with Crippen molar-refractivity contribution in [3.8, 4) is 0 Å². The summed E-state index contributed by atoms with van der Waals surface area (Å²) in [6.07, 6.45) is 0. The second-order valence-corrected chi connectivity index (χ2v) is 5.95. The summed E-state index contributed by atoms with van der Waals surface area (Å²) < 4.78 is 0. The predicted molar refractivity (Wildman–Crippen MR) is 75.4 cm³/mol. The molecule has 6 heteroatoms. The number of carbonyl (C=O) groups is 3. The summed E-state index contributed by atoms with van der Waals surface area (Å²) in [7, 11) is 3.66. The van der Waals surface area contributed by atoms with Crippen molar-refractivity contribution in [2.45, 2.75) is 13.8 Å². The van der Waals surface area contributed by atoms with E-state index in [4.69, 9.17) is 4.84 Å². The van der Waals surface area contributed by atoms with Gasteiger partial charge in [0.25, 0.3) is 11.8 Å². The van der Waals surface area contributed by atoms with Gasteiger partial charge in [-0.05, 0) is 40.1 Å². The SMILES string of the molecule is CN(C)CC(C)(C)C(=O)ON1C(=O)c2ccccc2C1=O. The highest BCUT2D eigenvalue weighted by Gasteiger charge is 2.41. The molecule has 1 aliphatic heterocycles. The van der Waals surface area contributed by atoms with E-state index < -0.39 is 23.2 Å². The number of rotatable bonds is 4. The molecular weight excluding hydrogens is 272 g/mol. The average Bonchev–Trinajstić information content (AvgIpc) is 2.63. The number of imide groups is 1. The van der Waals surface area contributed by atoms with Gasteiger partial charge in [-0.15, -0.1) is 0 Å². The second-order valence-electron chi connectivity index (χ2n) is 5.95. The minimum Gasteiger partial charge on any atom is -0.329 e. The Labute approximate surface area is 123 Å². The molecule has 0 bridgehead atoms. The second kappa shape index (κ2) is 5.29. The van der Waals surface area contributed by atoms with Crippen molar-refractivity contribution in [1.29, 1.82) is 0 Å². The number of carbonyl (C=O) groups excluding carboxylic acids is 3. The minimum absolute atomic E-state index is 0.251. The molecule has 1 aromatic rings. The number of nitrogens with zero attached hydrogens (tertiary/aromatic N) is 2. The van der Waals surface area contributed by atoms with E-state index in [9.17, 15) is 14.4 Å². The van der Waals surface area contributed by atoms with Gasteiger partial charge < -0.3 is 9.74 Å². The molecule has 2 amide bonds. The van der Waals surface area contributed by atoms with Crippen LogP contribution < -0.4 is 0 Å². The molecule has 0 aliphatic carbocycles. The maximum atomic E-state index is 12.2. The Kier molecular flexibility index (Phi) is 3.82. The zero-order valence-corrected chi connectivity index (χ0v) is 12.5. The van der Waals surface area contributed by atoms with Gasteiger partial charge in [-0.3, -0.25) is 9.59 Å². The van der Waals surface area contributed by atoms with E-state index >= 15 is 0 Å². The quantitative estimate of drug-likeness (QED) is 0.783. The van der Waals surface area contributed by atoms with Crippen molar-refractivity contribution in [2.24, 2.45) is 5.41 Å². The van der Waals surface area contributed by atoms with Crippen molar-refractivity contribution < 1.29 is 19.2 Å². The normalized spacial score (nSPS) is 14.6. The largest absolute Gasteiger partial charge is 0.340 e. The van der Waals surface area contributed by atoms with Crippen molar-refractivity contribution >= 4 is 17.8 Å². The van der Waals surface area contributed by atoms with Gasteiger partial charge in [0.15, 0.2) is 0 Å². The highest BCUT2D eigenvalue weighted by molar-refractivity contribution is 6.20. The van der Waals surface area contributed by atoms with Crippen molar-refractivity contribution in [1.82, 2.24) is 9.96 Å². The fourth-order valence-corrected chi connectivity index (χ4v) is 2.31. The average molecular weight is 290 g/mol. The van der Waals surface area contributed by atoms with Gasteiger partial charge >= 0.3 is 5.97 Å². The zero-order chi connectivity index (χ0) is 15.8. The Bertz CT molecular complexity index is 572. The fourth-order valence-electron chi connectivity index (χ4n) is 2.31. The molecule has 2 rings (SSSR count). The number of hydrogen-bond donors (Lipinski definition) is 0. The smallest absolute Gasteiger partial charge is 0.329 e. The first-order valence-corrected chi connectivity index (χ1v) is 6.59. The predicted octanol–water partition coefficient (Wildman–Crippen LogP) is 1.33. The van der Waals surface area contributed by atoms with E-state index in [0.717, 1.165) is 0 Å². The van der Waals surface area contributed by atoms with E-state index in [1.807, 2.05) is 19.0 Å². The van der Waals surface area contributed by atoms with Crippen LogP contribution in [0.3, 0.4) is 0 Å². The molecule has 1 heterocycles. The van der Waals surface area contributed by atoms with E-state index in [2.05, 4.69) is 0 Å². The van der Waals surface area contributed by atoms with Crippen LogP contribution in [0.1, 0.15) is 34.6 Å². The van der Waals surface area contributed by atoms with Crippen LogP contribution in [0.5, 0.6) is 0 Å². The first-order chi connectivity index (χ1) is 9.74. The van der Waals surface area contributed by atoms with Gasteiger partial charge in [-0.1, -0.05) is 17.2 Å². The first-order valence-electron chi connectivity index (χ1n) is 6.59. The topological polar surface area (TPSA) is 66.9 Å². The van der Waals surface area contributed by atoms with Crippen LogP contribution in [0.2, 0.25) is 0 Å². The molecule has 1 aliphatic rings. The summed E-state index contributed by atoms with van der Waals surface area (Å²) in [6, 6.07) is 6.39. The van der Waals surface area contributed by atoms with Crippen LogP contribution in [-0.2, 0) is 9.63 Å².